The molecular weight excluding hydrogens is 276 g/mol. The second-order valence-corrected chi connectivity index (χ2v) is 5.22. The average molecular weight is 298 g/mol. The Morgan fingerprint density at radius 3 is 2.55 bits per heavy atom. The summed E-state index contributed by atoms with van der Waals surface area (Å²) in [5.41, 5.74) is 1.39. The number of carbonyl (C=O) groups excluding carboxylic acids is 1. The van der Waals surface area contributed by atoms with Gasteiger partial charge in [0.2, 0.25) is 0 Å². The van der Waals surface area contributed by atoms with E-state index in [1.54, 1.807) is 6.07 Å². The van der Waals surface area contributed by atoms with E-state index in [1.165, 1.54) is 0 Å². The Labute approximate surface area is 131 Å². The number of rotatable bonds is 7. The third kappa shape index (κ3) is 4.55. The van der Waals surface area contributed by atoms with Crippen molar-refractivity contribution in [2.75, 3.05) is 18.5 Å². The number of hydrogen-bond acceptors (Lipinski definition) is 4. The molecule has 1 amide bonds. The molecule has 0 saturated heterocycles. The Bertz CT molecular complexity index is 583. The quantitative estimate of drug-likeness (QED) is 0.853. The second-order valence-electron chi connectivity index (χ2n) is 5.22. The van der Waals surface area contributed by atoms with Crippen molar-refractivity contribution < 1.29 is 4.79 Å². The zero-order chi connectivity index (χ0) is 15.8. The van der Waals surface area contributed by atoms with Gasteiger partial charge in [0.25, 0.3) is 5.91 Å². The lowest BCUT2D eigenvalue weighted by atomic mass is 10.2. The van der Waals surface area contributed by atoms with Gasteiger partial charge in [0.05, 0.1) is 0 Å². The van der Waals surface area contributed by atoms with Crippen molar-refractivity contribution in [2.24, 2.45) is 0 Å². The number of hydrogen-bond donors (Lipinski definition) is 1. The van der Waals surface area contributed by atoms with Crippen LogP contribution >= 0.6 is 0 Å². The number of carbonyl (C=O) groups is 1. The number of benzene rings is 1. The fraction of sp³-hybridized carbons (Fsp3) is 0.353. The van der Waals surface area contributed by atoms with Crippen LogP contribution in [-0.2, 0) is 6.54 Å². The minimum absolute atomic E-state index is 0.209. The summed E-state index contributed by atoms with van der Waals surface area (Å²) >= 11 is 0. The second kappa shape index (κ2) is 8.12. The molecule has 0 fully saturated rings. The Hall–Kier alpha value is -2.43. The highest BCUT2D eigenvalue weighted by Gasteiger charge is 2.09. The van der Waals surface area contributed by atoms with E-state index >= 15 is 0 Å². The molecule has 0 atom stereocenters. The van der Waals surface area contributed by atoms with Gasteiger partial charge in [0.1, 0.15) is 0 Å². The van der Waals surface area contributed by atoms with Crippen molar-refractivity contribution in [1.29, 1.82) is 0 Å². The third-order valence-electron chi connectivity index (χ3n) is 3.42. The molecule has 5 nitrogen and oxygen atoms in total. The van der Waals surface area contributed by atoms with Crippen molar-refractivity contribution >= 4 is 11.7 Å². The molecule has 0 unspecified atom stereocenters. The molecule has 0 aliphatic carbocycles. The topological polar surface area (TPSA) is 58.1 Å². The molecule has 0 radical (unpaired) electrons. The monoisotopic (exact) mass is 298 g/mol. The van der Waals surface area contributed by atoms with Crippen LogP contribution in [0.25, 0.3) is 0 Å². The Morgan fingerprint density at radius 2 is 1.91 bits per heavy atom. The smallest absolute Gasteiger partial charge is 0.272 e. The van der Waals surface area contributed by atoms with Crippen molar-refractivity contribution in [3.05, 3.63) is 53.7 Å². The van der Waals surface area contributed by atoms with E-state index in [2.05, 4.69) is 22.4 Å². The van der Waals surface area contributed by atoms with Crippen LogP contribution in [0.5, 0.6) is 0 Å². The first-order valence-corrected chi connectivity index (χ1v) is 7.57. The minimum atomic E-state index is -0.209. The van der Waals surface area contributed by atoms with Crippen LogP contribution in [0.15, 0.2) is 42.5 Å². The van der Waals surface area contributed by atoms with Gasteiger partial charge >= 0.3 is 0 Å². The highest BCUT2D eigenvalue weighted by atomic mass is 16.1. The Balaban J connectivity index is 1.90. The lowest BCUT2D eigenvalue weighted by Crippen LogP contribution is -2.25. The molecule has 0 saturated carbocycles. The predicted molar refractivity (Wildman–Crippen MR) is 87.8 cm³/mol. The van der Waals surface area contributed by atoms with Gasteiger partial charge in [0.15, 0.2) is 11.5 Å². The van der Waals surface area contributed by atoms with E-state index in [0.29, 0.717) is 12.2 Å². The third-order valence-corrected chi connectivity index (χ3v) is 3.42. The van der Waals surface area contributed by atoms with E-state index in [0.717, 1.165) is 30.8 Å². The van der Waals surface area contributed by atoms with Gasteiger partial charge in [-0.3, -0.25) is 4.79 Å². The van der Waals surface area contributed by atoms with Crippen LogP contribution in [0.3, 0.4) is 0 Å². The fourth-order valence-electron chi connectivity index (χ4n) is 2.03. The van der Waals surface area contributed by atoms with Crippen LogP contribution in [0.4, 0.5) is 5.82 Å². The molecule has 1 N–H and O–H groups in total. The summed E-state index contributed by atoms with van der Waals surface area (Å²) in [6.07, 6.45) is 2.25. The molecule has 0 aliphatic rings. The molecule has 22 heavy (non-hydrogen) atoms. The van der Waals surface area contributed by atoms with Gasteiger partial charge < -0.3 is 10.2 Å². The van der Waals surface area contributed by atoms with Crippen LogP contribution < -0.4 is 10.2 Å². The number of aromatic nitrogens is 2. The molecule has 0 spiro atoms. The Kier molecular flexibility index (Phi) is 5.89. The lowest BCUT2D eigenvalue weighted by Gasteiger charge is -2.16. The summed E-state index contributed by atoms with van der Waals surface area (Å²) in [5.74, 6) is 0.576. The maximum absolute atomic E-state index is 12.0. The van der Waals surface area contributed by atoms with Gasteiger partial charge in [-0.2, -0.15) is 0 Å². The minimum Gasteiger partial charge on any atom is -0.358 e. The van der Waals surface area contributed by atoms with Crippen LogP contribution in [0, 0.1) is 0 Å². The largest absolute Gasteiger partial charge is 0.358 e. The van der Waals surface area contributed by atoms with Gasteiger partial charge in [-0.1, -0.05) is 43.7 Å². The molecule has 116 valence electrons. The van der Waals surface area contributed by atoms with Gasteiger partial charge in [-0.15, -0.1) is 10.2 Å². The van der Waals surface area contributed by atoms with Crippen molar-refractivity contribution in [3.63, 3.8) is 0 Å². The highest BCUT2D eigenvalue weighted by molar-refractivity contribution is 5.92. The number of nitrogens with one attached hydrogen (secondary N) is 1. The number of amides is 1. The molecule has 0 bridgehead atoms. The molecule has 2 aromatic rings. The standard InChI is InChI=1S/C17H22N4O/c1-3-4-12-21(2)16-11-10-15(19-20-16)17(22)18-13-14-8-6-5-7-9-14/h5-11H,3-4,12-13H2,1-2H3,(H,18,22). The SMILES string of the molecule is CCCCN(C)c1ccc(C(=O)NCc2ccccc2)nn1. The first-order chi connectivity index (χ1) is 10.7. The van der Waals surface area contributed by atoms with E-state index < -0.39 is 0 Å². The van der Waals surface area contributed by atoms with Gasteiger partial charge in [0, 0.05) is 20.1 Å². The number of unbranched alkanes of at least 4 members (excludes halogenated alkanes) is 1. The first-order valence-electron chi connectivity index (χ1n) is 7.57. The number of nitrogens with zero attached hydrogens (tertiary/aromatic N) is 3. The summed E-state index contributed by atoms with van der Waals surface area (Å²) in [6.45, 7) is 3.57. The van der Waals surface area contributed by atoms with Crippen molar-refractivity contribution in [1.82, 2.24) is 15.5 Å². The van der Waals surface area contributed by atoms with E-state index in [4.69, 9.17) is 0 Å². The van der Waals surface area contributed by atoms with Gasteiger partial charge in [-0.05, 0) is 24.1 Å². The average Bonchev–Trinajstić information content (AvgIpc) is 2.58. The summed E-state index contributed by atoms with van der Waals surface area (Å²) < 4.78 is 0. The van der Waals surface area contributed by atoms with Crippen LogP contribution in [0.1, 0.15) is 35.8 Å². The molecule has 1 aromatic carbocycles. The van der Waals surface area contributed by atoms with Crippen LogP contribution in [0.2, 0.25) is 0 Å². The van der Waals surface area contributed by atoms with Crippen molar-refractivity contribution in [2.45, 2.75) is 26.3 Å². The molecular formula is C17H22N4O. The predicted octanol–water partition coefficient (Wildman–Crippen LogP) is 2.64. The molecule has 0 aliphatic heterocycles. The Morgan fingerprint density at radius 1 is 1.14 bits per heavy atom. The maximum Gasteiger partial charge on any atom is 0.272 e. The normalized spacial score (nSPS) is 10.3. The van der Waals surface area contributed by atoms with E-state index in [1.807, 2.05) is 48.3 Å². The van der Waals surface area contributed by atoms with Crippen molar-refractivity contribution in [3.8, 4) is 0 Å². The molecule has 5 heteroatoms. The molecule has 1 aromatic heterocycles. The maximum atomic E-state index is 12.0. The molecule has 1 heterocycles. The van der Waals surface area contributed by atoms with E-state index in [9.17, 15) is 4.79 Å². The number of anilines is 1. The zero-order valence-corrected chi connectivity index (χ0v) is 13.1. The van der Waals surface area contributed by atoms with E-state index in [-0.39, 0.29) is 5.91 Å². The first kappa shape index (κ1) is 15.9. The zero-order valence-electron chi connectivity index (χ0n) is 13.1. The van der Waals surface area contributed by atoms with Gasteiger partial charge in [-0.25, -0.2) is 0 Å². The molecule has 2 rings (SSSR count). The lowest BCUT2D eigenvalue weighted by molar-refractivity contribution is 0.0945. The van der Waals surface area contributed by atoms with Crippen LogP contribution in [-0.4, -0.2) is 29.7 Å². The summed E-state index contributed by atoms with van der Waals surface area (Å²) in [4.78, 5) is 14.1. The fourth-order valence-corrected chi connectivity index (χ4v) is 2.03. The summed E-state index contributed by atoms with van der Waals surface area (Å²) in [5, 5.41) is 11.0. The summed E-state index contributed by atoms with van der Waals surface area (Å²) in [7, 11) is 1.98. The summed E-state index contributed by atoms with van der Waals surface area (Å²) in [6, 6.07) is 13.3. The highest BCUT2D eigenvalue weighted by Crippen LogP contribution is 2.08.